The van der Waals surface area contributed by atoms with Crippen LogP contribution in [-0.4, -0.2) is 23.4 Å². The molecular formula is C13H11N3O2. The van der Waals surface area contributed by atoms with E-state index in [1.54, 1.807) is 6.20 Å². The summed E-state index contributed by atoms with van der Waals surface area (Å²) in [6.07, 6.45) is 4.63. The zero-order chi connectivity index (χ0) is 12.7. The summed E-state index contributed by atoms with van der Waals surface area (Å²) in [7, 11) is 1.52. The summed E-state index contributed by atoms with van der Waals surface area (Å²) in [4.78, 5) is 18.2. The van der Waals surface area contributed by atoms with Crippen LogP contribution in [0.1, 0.15) is 40.4 Å². The van der Waals surface area contributed by atoms with Crippen LogP contribution in [0.5, 0.6) is 5.88 Å². The average molecular weight is 241 g/mol. The van der Waals surface area contributed by atoms with Crippen molar-refractivity contribution in [1.82, 2.24) is 9.97 Å². The fourth-order valence-corrected chi connectivity index (χ4v) is 2.29. The van der Waals surface area contributed by atoms with Crippen molar-refractivity contribution in [2.75, 3.05) is 7.11 Å². The summed E-state index contributed by atoms with van der Waals surface area (Å²) in [5.74, 6) is 0.868. The Bertz CT molecular complexity index is 678. The molecule has 90 valence electrons. The number of hydrogen-bond donors (Lipinski definition) is 1. The number of pyridine rings is 1. The van der Waals surface area contributed by atoms with Crippen LogP contribution in [-0.2, 0) is 0 Å². The molecule has 0 spiro atoms. The Morgan fingerprint density at radius 3 is 2.94 bits per heavy atom. The van der Waals surface area contributed by atoms with Gasteiger partial charge in [-0.25, -0.2) is 4.98 Å². The summed E-state index contributed by atoms with van der Waals surface area (Å²) in [6.45, 7) is 0. The van der Waals surface area contributed by atoms with Gasteiger partial charge in [-0.3, -0.25) is 4.79 Å². The van der Waals surface area contributed by atoms with Crippen molar-refractivity contribution in [2.24, 2.45) is 0 Å². The molecule has 0 unspecified atom stereocenters. The highest BCUT2D eigenvalue weighted by molar-refractivity contribution is 5.99. The number of aromatic nitrogens is 2. The van der Waals surface area contributed by atoms with E-state index in [-0.39, 0.29) is 0 Å². The molecule has 18 heavy (non-hydrogen) atoms. The van der Waals surface area contributed by atoms with Crippen molar-refractivity contribution in [3.8, 4) is 11.9 Å². The first-order valence-corrected chi connectivity index (χ1v) is 5.74. The van der Waals surface area contributed by atoms with Gasteiger partial charge in [0, 0.05) is 11.6 Å². The van der Waals surface area contributed by atoms with Crippen molar-refractivity contribution < 1.29 is 9.53 Å². The summed E-state index contributed by atoms with van der Waals surface area (Å²) >= 11 is 0. The molecule has 5 nitrogen and oxygen atoms in total. The normalized spacial score (nSPS) is 14.4. The molecule has 0 radical (unpaired) electrons. The quantitative estimate of drug-likeness (QED) is 0.835. The number of fused-ring (bicyclic) bond motifs is 1. The van der Waals surface area contributed by atoms with Crippen molar-refractivity contribution in [3.05, 3.63) is 23.0 Å². The van der Waals surface area contributed by atoms with E-state index in [2.05, 4.69) is 16.0 Å². The third kappa shape index (κ3) is 1.39. The maximum atomic E-state index is 11.0. The predicted octanol–water partition coefficient (Wildman–Crippen LogP) is 2.13. The molecular weight excluding hydrogens is 230 g/mol. The number of H-pyrrole nitrogens is 1. The standard InChI is InChI=1S/C13H11N3O2/c1-18-13-12-11(8(4-14)10(6-17)16-12)9(5-15-13)7-2-3-7/h5-7,16H,2-3H2,1H3. The summed E-state index contributed by atoms with van der Waals surface area (Å²) in [6, 6.07) is 2.10. The lowest BCUT2D eigenvalue weighted by molar-refractivity contribution is 0.111. The van der Waals surface area contributed by atoms with Crippen molar-refractivity contribution >= 4 is 17.2 Å². The molecule has 1 saturated carbocycles. The number of hydrogen-bond acceptors (Lipinski definition) is 4. The van der Waals surface area contributed by atoms with Gasteiger partial charge in [0.05, 0.1) is 18.4 Å². The first-order chi connectivity index (χ1) is 8.80. The largest absolute Gasteiger partial charge is 0.479 e. The average Bonchev–Trinajstić information content (AvgIpc) is 3.17. The molecule has 2 heterocycles. The van der Waals surface area contributed by atoms with Crippen LogP contribution in [0.3, 0.4) is 0 Å². The van der Waals surface area contributed by atoms with Gasteiger partial charge >= 0.3 is 0 Å². The lowest BCUT2D eigenvalue weighted by Crippen LogP contribution is -1.92. The summed E-state index contributed by atoms with van der Waals surface area (Å²) < 4.78 is 5.17. The smallest absolute Gasteiger partial charge is 0.238 e. The number of methoxy groups -OCH3 is 1. The Labute approximate surface area is 103 Å². The minimum atomic E-state index is 0.292. The maximum absolute atomic E-state index is 11.0. The molecule has 1 fully saturated rings. The van der Waals surface area contributed by atoms with Crippen LogP contribution in [0, 0.1) is 11.3 Å². The number of nitriles is 1. The van der Waals surface area contributed by atoms with E-state index in [0.717, 1.165) is 23.8 Å². The molecule has 3 rings (SSSR count). The molecule has 0 aliphatic heterocycles. The summed E-state index contributed by atoms with van der Waals surface area (Å²) in [5.41, 5.74) is 2.36. The van der Waals surface area contributed by atoms with Crippen LogP contribution in [0.2, 0.25) is 0 Å². The highest BCUT2D eigenvalue weighted by atomic mass is 16.5. The second-order valence-electron chi connectivity index (χ2n) is 4.39. The van der Waals surface area contributed by atoms with Crippen LogP contribution < -0.4 is 4.74 Å². The minimum Gasteiger partial charge on any atom is -0.479 e. The number of carbonyl (C=O) groups is 1. The zero-order valence-electron chi connectivity index (χ0n) is 9.86. The Kier molecular flexibility index (Phi) is 2.30. The first kappa shape index (κ1) is 10.8. The topological polar surface area (TPSA) is 78.8 Å². The van der Waals surface area contributed by atoms with Crippen molar-refractivity contribution in [1.29, 1.82) is 5.26 Å². The predicted molar refractivity (Wildman–Crippen MR) is 64.7 cm³/mol. The van der Waals surface area contributed by atoms with Gasteiger partial charge in [-0.2, -0.15) is 5.26 Å². The number of carbonyl (C=O) groups excluding carboxylic acids is 1. The Hall–Kier alpha value is -2.35. The lowest BCUT2D eigenvalue weighted by atomic mass is 10.0. The van der Waals surface area contributed by atoms with Gasteiger partial charge in [0.2, 0.25) is 5.88 Å². The molecule has 1 N–H and O–H groups in total. The number of aromatic amines is 1. The first-order valence-electron chi connectivity index (χ1n) is 5.74. The number of ether oxygens (including phenoxy) is 1. The van der Waals surface area contributed by atoms with Gasteiger partial charge in [0.25, 0.3) is 0 Å². The van der Waals surface area contributed by atoms with Crippen LogP contribution in [0.25, 0.3) is 10.9 Å². The van der Waals surface area contributed by atoms with Crippen LogP contribution >= 0.6 is 0 Å². The van der Waals surface area contributed by atoms with Crippen molar-refractivity contribution in [3.63, 3.8) is 0 Å². The van der Waals surface area contributed by atoms with Crippen LogP contribution in [0.15, 0.2) is 6.20 Å². The van der Waals surface area contributed by atoms with E-state index < -0.39 is 0 Å². The Morgan fingerprint density at radius 1 is 1.61 bits per heavy atom. The minimum absolute atomic E-state index is 0.292. The van der Waals surface area contributed by atoms with Gasteiger partial charge in [-0.15, -0.1) is 0 Å². The Balaban J connectivity index is 2.41. The van der Waals surface area contributed by atoms with E-state index in [9.17, 15) is 10.1 Å². The van der Waals surface area contributed by atoms with Gasteiger partial charge < -0.3 is 9.72 Å². The SMILES string of the molecule is COc1ncc(C2CC2)c2c(C#N)c(C=O)[nH]c12. The highest BCUT2D eigenvalue weighted by Crippen LogP contribution is 2.45. The van der Waals surface area contributed by atoms with Gasteiger partial charge in [-0.1, -0.05) is 0 Å². The fraction of sp³-hybridized carbons (Fsp3) is 0.308. The second kappa shape index (κ2) is 3.84. The number of nitrogens with zero attached hydrogens (tertiary/aromatic N) is 2. The molecule has 5 heteroatoms. The summed E-state index contributed by atoms with van der Waals surface area (Å²) in [5, 5.41) is 10.0. The molecule has 0 amide bonds. The van der Waals surface area contributed by atoms with Crippen molar-refractivity contribution in [2.45, 2.75) is 18.8 Å². The lowest BCUT2D eigenvalue weighted by Gasteiger charge is -2.04. The fourth-order valence-electron chi connectivity index (χ4n) is 2.29. The van der Waals surface area contributed by atoms with Gasteiger partial charge in [0.15, 0.2) is 6.29 Å². The maximum Gasteiger partial charge on any atom is 0.238 e. The van der Waals surface area contributed by atoms with E-state index in [0.29, 0.717) is 34.9 Å². The Morgan fingerprint density at radius 2 is 2.39 bits per heavy atom. The molecule has 2 aromatic rings. The van der Waals surface area contributed by atoms with E-state index in [4.69, 9.17) is 4.74 Å². The molecule has 1 aliphatic carbocycles. The van der Waals surface area contributed by atoms with Gasteiger partial charge in [0.1, 0.15) is 11.6 Å². The van der Waals surface area contributed by atoms with E-state index in [1.165, 1.54) is 7.11 Å². The molecule has 0 bridgehead atoms. The second-order valence-corrected chi connectivity index (χ2v) is 4.39. The highest BCUT2D eigenvalue weighted by Gasteiger charge is 2.29. The van der Waals surface area contributed by atoms with E-state index in [1.807, 2.05) is 0 Å². The number of rotatable bonds is 3. The molecule has 0 atom stereocenters. The number of aldehydes is 1. The molecule has 0 saturated heterocycles. The third-order valence-electron chi connectivity index (χ3n) is 3.29. The molecule has 0 aromatic carbocycles. The third-order valence-corrected chi connectivity index (χ3v) is 3.29. The van der Waals surface area contributed by atoms with E-state index >= 15 is 0 Å². The molecule has 2 aromatic heterocycles. The number of nitrogens with one attached hydrogen (secondary N) is 1. The monoisotopic (exact) mass is 241 g/mol. The van der Waals surface area contributed by atoms with Gasteiger partial charge in [-0.05, 0) is 24.3 Å². The van der Waals surface area contributed by atoms with Crippen LogP contribution in [0.4, 0.5) is 0 Å². The molecule has 1 aliphatic rings. The zero-order valence-corrected chi connectivity index (χ0v) is 9.86.